The van der Waals surface area contributed by atoms with E-state index >= 15 is 0 Å². The number of nitrogens with zero attached hydrogens (tertiary/aromatic N) is 2. The zero-order valence-electron chi connectivity index (χ0n) is 14.4. The Labute approximate surface area is 138 Å². The molecule has 0 unspecified atom stereocenters. The number of aliphatic hydroxyl groups is 1. The Balaban J connectivity index is 2.09. The van der Waals surface area contributed by atoms with Gasteiger partial charge >= 0.3 is 0 Å². The largest absolute Gasteiger partial charge is 0.396 e. The van der Waals surface area contributed by atoms with Crippen molar-refractivity contribution in [1.29, 1.82) is 0 Å². The molecule has 0 saturated heterocycles. The van der Waals surface area contributed by atoms with Crippen LogP contribution in [0.25, 0.3) is 0 Å². The minimum absolute atomic E-state index is 0.268. The number of anilines is 1. The van der Waals surface area contributed by atoms with Gasteiger partial charge in [-0.3, -0.25) is 0 Å². The van der Waals surface area contributed by atoms with Crippen LogP contribution in [0.1, 0.15) is 44.4 Å². The van der Waals surface area contributed by atoms with Crippen LogP contribution in [0.3, 0.4) is 0 Å². The quantitative estimate of drug-likeness (QED) is 0.679. The molecule has 1 heterocycles. The fraction of sp³-hybridized carbons (Fsp3) is 0.765. The van der Waals surface area contributed by atoms with Crippen LogP contribution >= 0.6 is 0 Å². The summed E-state index contributed by atoms with van der Waals surface area (Å²) in [5, 5.41) is 12.8. The summed E-state index contributed by atoms with van der Waals surface area (Å²) < 4.78 is 11.3. The monoisotopic (exact) mass is 323 g/mol. The van der Waals surface area contributed by atoms with Gasteiger partial charge in [0, 0.05) is 43.5 Å². The van der Waals surface area contributed by atoms with E-state index in [9.17, 15) is 5.11 Å². The third-order valence-electron chi connectivity index (χ3n) is 4.38. The van der Waals surface area contributed by atoms with E-state index in [2.05, 4.69) is 15.3 Å². The van der Waals surface area contributed by atoms with Crippen molar-refractivity contribution >= 4 is 5.82 Å². The van der Waals surface area contributed by atoms with Crippen molar-refractivity contribution in [2.45, 2.75) is 58.8 Å². The van der Waals surface area contributed by atoms with Gasteiger partial charge in [-0.2, -0.15) is 0 Å². The van der Waals surface area contributed by atoms with Crippen molar-refractivity contribution in [3.63, 3.8) is 0 Å². The first kappa shape index (κ1) is 18.1. The van der Waals surface area contributed by atoms with Crippen LogP contribution in [0.4, 0.5) is 5.82 Å². The molecule has 1 fully saturated rings. The third kappa shape index (κ3) is 5.12. The lowest BCUT2D eigenvalue weighted by molar-refractivity contribution is -0.134. The highest BCUT2D eigenvalue weighted by atomic mass is 16.7. The SMILES string of the molecule is CCOC(Cc1c(C)ncnc1N[C@H]1CC[C@@H](CO)C1)OCC. The highest BCUT2D eigenvalue weighted by molar-refractivity contribution is 5.46. The molecule has 1 aromatic heterocycles. The summed E-state index contributed by atoms with van der Waals surface area (Å²) in [6, 6.07) is 0.359. The van der Waals surface area contributed by atoms with Gasteiger partial charge < -0.3 is 19.9 Å². The summed E-state index contributed by atoms with van der Waals surface area (Å²) in [5.74, 6) is 1.27. The molecular weight excluding hydrogens is 294 g/mol. The fourth-order valence-electron chi connectivity index (χ4n) is 3.14. The minimum Gasteiger partial charge on any atom is -0.396 e. The molecule has 0 aromatic carbocycles. The molecular formula is C17H29N3O3. The van der Waals surface area contributed by atoms with E-state index in [4.69, 9.17) is 9.47 Å². The Kier molecular flexibility index (Phi) is 7.20. The number of ether oxygens (including phenoxy) is 2. The number of hydrogen-bond acceptors (Lipinski definition) is 6. The minimum atomic E-state index is -0.274. The number of aromatic nitrogens is 2. The molecule has 6 nitrogen and oxygen atoms in total. The summed E-state index contributed by atoms with van der Waals surface area (Å²) in [7, 11) is 0. The zero-order chi connectivity index (χ0) is 16.7. The molecule has 0 bridgehead atoms. The Bertz CT molecular complexity index is 478. The highest BCUT2D eigenvalue weighted by Crippen LogP contribution is 2.29. The van der Waals surface area contributed by atoms with Crippen LogP contribution in [0.15, 0.2) is 6.33 Å². The predicted molar refractivity (Wildman–Crippen MR) is 89.4 cm³/mol. The van der Waals surface area contributed by atoms with Crippen molar-refractivity contribution in [3.8, 4) is 0 Å². The molecule has 1 aliphatic rings. The predicted octanol–water partition coefficient (Wildman–Crippen LogP) is 2.30. The van der Waals surface area contributed by atoms with Gasteiger partial charge in [0.15, 0.2) is 6.29 Å². The van der Waals surface area contributed by atoms with Crippen molar-refractivity contribution in [2.24, 2.45) is 5.92 Å². The van der Waals surface area contributed by atoms with Crippen molar-refractivity contribution in [1.82, 2.24) is 9.97 Å². The second-order valence-electron chi connectivity index (χ2n) is 6.03. The molecule has 1 aromatic rings. The molecule has 130 valence electrons. The summed E-state index contributed by atoms with van der Waals surface area (Å²) in [4.78, 5) is 8.75. The van der Waals surface area contributed by atoms with Gasteiger partial charge in [-0.15, -0.1) is 0 Å². The first-order valence-corrected chi connectivity index (χ1v) is 8.58. The summed E-state index contributed by atoms with van der Waals surface area (Å²) in [6.45, 7) is 7.41. The third-order valence-corrected chi connectivity index (χ3v) is 4.38. The normalized spacial score (nSPS) is 21.1. The maximum atomic E-state index is 9.30. The van der Waals surface area contributed by atoms with Crippen LogP contribution < -0.4 is 5.32 Å². The van der Waals surface area contributed by atoms with Gasteiger partial charge in [-0.05, 0) is 46.0 Å². The number of nitrogens with one attached hydrogen (secondary N) is 1. The van der Waals surface area contributed by atoms with Gasteiger partial charge in [0.1, 0.15) is 12.1 Å². The van der Waals surface area contributed by atoms with E-state index in [1.807, 2.05) is 20.8 Å². The lowest BCUT2D eigenvalue weighted by atomic mass is 10.1. The van der Waals surface area contributed by atoms with Crippen LogP contribution in [-0.2, 0) is 15.9 Å². The molecule has 2 atom stereocenters. The first-order chi connectivity index (χ1) is 11.2. The topological polar surface area (TPSA) is 76.5 Å². The Hall–Kier alpha value is -1.24. The molecule has 23 heavy (non-hydrogen) atoms. The second kappa shape index (κ2) is 9.15. The number of aryl methyl sites for hydroxylation is 1. The zero-order valence-corrected chi connectivity index (χ0v) is 14.4. The van der Waals surface area contributed by atoms with Crippen molar-refractivity contribution in [2.75, 3.05) is 25.1 Å². The van der Waals surface area contributed by atoms with Crippen molar-refractivity contribution in [3.05, 3.63) is 17.6 Å². The Morgan fingerprint density at radius 2 is 2.00 bits per heavy atom. The number of hydrogen-bond donors (Lipinski definition) is 2. The molecule has 1 saturated carbocycles. The summed E-state index contributed by atoms with van der Waals surface area (Å²) >= 11 is 0. The van der Waals surface area contributed by atoms with E-state index < -0.39 is 0 Å². The van der Waals surface area contributed by atoms with Gasteiger partial charge in [-0.1, -0.05) is 0 Å². The van der Waals surface area contributed by atoms with Crippen LogP contribution in [-0.4, -0.2) is 47.2 Å². The van der Waals surface area contributed by atoms with E-state index in [0.29, 0.717) is 31.6 Å². The average Bonchev–Trinajstić information content (AvgIpc) is 2.99. The van der Waals surface area contributed by atoms with Crippen LogP contribution in [0.5, 0.6) is 0 Å². The molecule has 0 amide bonds. The molecule has 0 spiro atoms. The maximum Gasteiger partial charge on any atom is 0.161 e. The first-order valence-electron chi connectivity index (χ1n) is 8.58. The van der Waals surface area contributed by atoms with E-state index in [0.717, 1.165) is 36.3 Å². The van der Waals surface area contributed by atoms with E-state index in [-0.39, 0.29) is 12.9 Å². The molecule has 6 heteroatoms. The molecule has 0 aliphatic heterocycles. The fourth-order valence-corrected chi connectivity index (χ4v) is 3.14. The second-order valence-corrected chi connectivity index (χ2v) is 6.03. The highest BCUT2D eigenvalue weighted by Gasteiger charge is 2.25. The van der Waals surface area contributed by atoms with Crippen molar-refractivity contribution < 1.29 is 14.6 Å². The number of aliphatic hydroxyl groups excluding tert-OH is 1. The van der Waals surface area contributed by atoms with Gasteiger partial charge in [-0.25, -0.2) is 9.97 Å². The maximum absolute atomic E-state index is 9.30. The van der Waals surface area contributed by atoms with Gasteiger partial charge in [0.25, 0.3) is 0 Å². The van der Waals surface area contributed by atoms with Crippen LogP contribution in [0.2, 0.25) is 0 Å². The lowest BCUT2D eigenvalue weighted by Gasteiger charge is -2.21. The number of rotatable bonds is 9. The summed E-state index contributed by atoms with van der Waals surface area (Å²) in [5.41, 5.74) is 2.00. The van der Waals surface area contributed by atoms with E-state index in [1.54, 1.807) is 6.33 Å². The Morgan fingerprint density at radius 3 is 2.61 bits per heavy atom. The standard InChI is InChI=1S/C17H29N3O3/c1-4-22-16(23-5-2)9-15-12(3)18-11-19-17(15)20-14-7-6-13(8-14)10-21/h11,13-14,16,21H,4-10H2,1-3H3,(H,18,19,20)/t13-,14+/m1/s1. The molecule has 2 rings (SSSR count). The smallest absolute Gasteiger partial charge is 0.161 e. The molecule has 1 aliphatic carbocycles. The lowest BCUT2D eigenvalue weighted by Crippen LogP contribution is -2.24. The molecule has 0 radical (unpaired) electrons. The Morgan fingerprint density at radius 1 is 1.26 bits per heavy atom. The average molecular weight is 323 g/mol. The molecule has 2 N–H and O–H groups in total. The van der Waals surface area contributed by atoms with Gasteiger partial charge in [0.05, 0.1) is 0 Å². The van der Waals surface area contributed by atoms with Gasteiger partial charge in [0.2, 0.25) is 0 Å². The van der Waals surface area contributed by atoms with Crippen LogP contribution in [0, 0.1) is 12.8 Å². The van der Waals surface area contributed by atoms with E-state index in [1.165, 1.54) is 0 Å². The summed E-state index contributed by atoms with van der Waals surface area (Å²) in [6.07, 6.45) is 5.06.